The number of aromatic amines is 1. The van der Waals surface area contributed by atoms with Gasteiger partial charge in [-0.3, -0.25) is 14.9 Å². The van der Waals surface area contributed by atoms with Gasteiger partial charge in [-0.25, -0.2) is 9.18 Å². The van der Waals surface area contributed by atoms with Crippen molar-refractivity contribution in [1.82, 2.24) is 15.2 Å². The summed E-state index contributed by atoms with van der Waals surface area (Å²) in [4.78, 5) is 41.7. The first-order chi connectivity index (χ1) is 24.7. The van der Waals surface area contributed by atoms with E-state index in [0.29, 0.717) is 54.7 Å². The maximum absolute atomic E-state index is 14.9. The average Bonchev–Trinajstić information content (AvgIpc) is 3.13. The lowest BCUT2D eigenvalue weighted by Gasteiger charge is -2.31. The van der Waals surface area contributed by atoms with Crippen LogP contribution >= 0.6 is 0 Å². The van der Waals surface area contributed by atoms with E-state index in [4.69, 9.17) is 4.74 Å². The summed E-state index contributed by atoms with van der Waals surface area (Å²) in [5.41, 5.74) is 3.69. The Labute approximate surface area is 294 Å². The number of aliphatic hydroxyl groups excluding tert-OH is 1. The van der Waals surface area contributed by atoms with Gasteiger partial charge < -0.3 is 35.5 Å². The number of phenolic OH excluding ortho intramolecular Hbond substituents is 1. The van der Waals surface area contributed by atoms with Crippen LogP contribution in [0, 0.1) is 5.82 Å². The standard InChI is InChI=1S/C39H40FN5O6/c40-31-22-25(23-41-24-35(47)29-11-14-34(46)38-30(29)12-15-36(48)44-38)10-13-33(31)42-37(49)18-21-45-19-16-27(17-20-45)51-39(50)43-32-9-5-4-8-28(32)26-6-2-1-3-7-26/h1-15,22,27,35,41,46-47H,16-21,23-24H2,(H,42,49)(H,43,50)(H,44,48). The number of para-hydroxylation sites is 1. The molecule has 1 unspecified atom stereocenters. The number of nitrogens with one attached hydrogen (secondary N) is 4. The first kappa shape index (κ1) is 35.3. The van der Waals surface area contributed by atoms with Gasteiger partial charge in [0.05, 0.1) is 23.0 Å². The SMILES string of the molecule is O=C(CCN1CCC(OC(=O)Nc2ccccc2-c2ccccc2)CC1)Nc1ccc(CNCC(O)c2ccc(O)c3[nH]c(=O)ccc23)cc1F. The zero-order chi connectivity index (χ0) is 35.7. The molecule has 11 nitrogen and oxygen atoms in total. The highest BCUT2D eigenvalue weighted by Gasteiger charge is 2.23. The number of benzene rings is 4. The summed E-state index contributed by atoms with van der Waals surface area (Å²) in [6.45, 7) is 2.22. The monoisotopic (exact) mass is 693 g/mol. The Hall–Kier alpha value is -5.56. The van der Waals surface area contributed by atoms with Crippen molar-refractivity contribution >= 4 is 34.3 Å². The normalized spacial score (nSPS) is 14.2. The summed E-state index contributed by atoms with van der Waals surface area (Å²) in [7, 11) is 0. The molecule has 0 radical (unpaired) electrons. The zero-order valence-corrected chi connectivity index (χ0v) is 27.9. The molecule has 0 aliphatic carbocycles. The molecule has 1 fully saturated rings. The molecule has 6 N–H and O–H groups in total. The number of H-pyrrole nitrogens is 1. The summed E-state index contributed by atoms with van der Waals surface area (Å²) in [5, 5.41) is 30.0. The van der Waals surface area contributed by atoms with Crippen LogP contribution in [-0.4, -0.2) is 64.4 Å². The van der Waals surface area contributed by atoms with E-state index in [-0.39, 0.29) is 54.0 Å². The number of carbonyl (C=O) groups is 2. The number of ether oxygens (including phenoxy) is 1. The van der Waals surface area contributed by atoms with Crippen LogP contribution in [0.15, 0.2) is 102 Å². The van der Waals surface area contributed by atoms with Crippen LogP contribution in [0.1, 0.15) is 36.5 Å². The van der Waals surface area contributed by atoms with E-state index >= 15 is 0 Å². The first-order valence-corrected chi connectivity index (χ1v) is 16.9. The number of pyridine rings is 1. The molecule has 51 heavy (non-hydrogen) atoms. The lowest BCUT2D eigenvalue weighted by Crippen LogP contribution is -2.39. The van der Waals surface area contributed by atoms with Gasteiger partial charge in [-0.15, -0.1) is 0 Å². The number of halogens is 1. The lowest BCUT2D eigenvalue weighted by molar-refractivity contribution is -0.116. The van der Waals surface area contributed by atoms with Gasteiger partial charge in [-0.2, -0.15) is 0 Å². The van der Waals surface area contributed by atoms with E-state index in [9.17, 15) is 29.0 Å². The molecule has 1 aliphatic heterocycles. The number of phenols is 1. The third kappa shape index (κ3) is 9.17. The van der Waals surface area contributed by atoms with Gasteiger partial charge in [0.15, 0.2) is 0 Å². The quantitative estimate of drug-likeness (QED) is 0.0943. The molecular formula is C39H40FN5O6. The molecular weight excluding hydrogens is 653 g/mol. The minimum Gasteiger partial charge on any atom is -0.506 e. The number of aliphatic hydroxyl groups is 1. The largest absolute Gasteiger partial charge is 0.506 e. The molecule has 4 aromatic carbocycles. The third-order valence-corrected chi connectivity index (χ3v) is 8.95. The van der Waals surface area contributed by atoms with Crippen LogP contribution < -0.4 is 21.5 Å². The highest BCUT2D eigenvalue weighted by molar-refractivity contribution is 5.92. The van der Waals surface area contributed by atoms with Crippen molar-refractivity contribution in [1.29, 1.82) is 0 Å². The van der Waals surface area contributed by atoms with E-state index in [0.717, 1.165) is 11.1 Å². The number of piperidine rings is 1. The molecule has 1 atom stereocenters. The molecule has 12 heteroatoms. The topological polar surface area (TPSA) is 156 Å². The number of rotatable bonds is 12. The van der Waals surface area contributed by atoms with Crippen molar-refractivity contribution in [2.75, 3.05) is 36.8 Å². The second-order valence-corrected chi connectivity index (χ2v) is 12.5. The number of fused-ring (bicyclic) bond motifs is 1. The average molecular weight is 694 g/mol. The molecule has 1 aromatic heterocycles. The van der Waals surface area contributed by atoms with Gasteiger partial charge in [-0.1, -0.05) is 60.7 Å². The van der Waals surface area contributed by atoms with Gasteiger partial charge in [0.1, 0.15) is 17.7 Å². The predicted octanol–water partition coefficient (Wildman–Crippen LogP) is 5.90. The fourth-order valence-corrected chi connectivity index (χ4v) is 6.26. The molecule has 2 amide bonds. The van der Waals surface area contributed by atoms with Crippen LogP contribution in [0.25, 0.3) is 22.0 Å². The molecule has 0 bridgehead atoms. The fraction of sp³-hybridized carbons (Fsp3) is 0.256. The van der Waals surface area contributed by atoms with Crippen molar-refractivity contribution in [2.24, 2.45) is 0 Å². The van der Waals surface area contributed by atoms with Gasteiger partial charge in [-0.05, 0) is 59.9 Å². The number of aromatic nitrogens is 1. The Morgan fingerprint density at radius 2 is 1.69 bits per heavy atom. The number of carbonyl (C=O) groups excluding carboxylic acids is 2. The Morgan fingerprint density at radius 3 is 2.47 bits per heavy atom. The summed E-state index contributed by atoms with van der Waals surface area (Å²) in [6, 6.07) is 27.8. The summed E-state index contributed by atoms with van der Waals surface area (Å²) < 4.78 is 20.6. The van der Waals surface area contributed by atoms with Crippen molar-refractivity contribution in [3.05, 3.63) is 124 Å². The van der Waals surface area contributed by atoms with Gasteiger partial charge in [0.2, 0.25) is 11.5 Å². The van der Waals surface area contributed by atoms with Gasteiger partial charge in [0.25, 0.3) is 0 Å². The Morgan fingerprint density at radius 1 is 0.922 bits per heavy atom. The molecule has 6 rings (SSSR count). The van der Waals surface area contributed by atoms with Crippen LogP contribution in [0.3, 0.4) is 0 Å². The Kier molecular flexibility index (Phi) is 11.4. The maximum atomic E-state index is 14.9. The Bertz CT molecular complexity index is 2050. The molecule has 5 aromatic rings. The number of anilines is 2. The molecule has 0 spiro atoms. The highest BCUT2D eigenvalue weighted by Crippen LogP contribution is 2.29. The van der Waals surface area contributed by atoms with Crippen LogP contribution in [0.5, 0.6) is 5.75 Å². The molecule has 1 saturated heterocycles. The summed E-state index contributed by atoms with van der Waals surface area (Å²) >= 11 is 0. The molecule has 264 valence electrons. The number of nitrogens with zero attached hydrogens (tertiary/aromatic N) is 1. The fourth-order valence-electron chi connectivity index (χ4n) is 6.26. The molecule has 2 heterocycles. The van der Waals surface area contributed by atoms with E-state index < -0.39 is 18.0 Å². The summed E-state index contributed by atoms with van der Waals surface area (Å²) in [6.07, 6.45) is -0.216. The van der Waals surface area contributed by atoms with Crippen molar-refractivity contribution in [3.8, 4) is 16.9 Å². The van der Waals surface area contributed by atoms with Crippen molar-refractivity contribution < 1.29 is 28.9 Å². The Balaban J connectivity index is 0.906. The van der Waals surface area contributed by atoms with Gasteiger partial charge in [0, 0.05) is 56.2 Å². The molecule has 1 aliphatic rings. The van der Waals surface area contributed by atoms with Crippen LogP contribution in [-0.2, 0) is 16.1 Å². The third-order valence-electron chi connectivity index (χ3n) is 8.95. The number of aromatic hydroxyl groups is 1. The second kappa shape index (κ2) is 16.4. The minimum atomic E-state index is -0.950. The lowest BCUT2D eigenvalue weighted by atomic mass is 10.0. The van der Waals surface area contributed by atoms with E-state index in [1.54, 1.807) is 18.2 Å². The van der Waals surface area contributed by atoms with Crippen LogP contribution in [0.4, 0.5) is 20.6 Å². The van der Waals surface area contributed by atoms with Crippen LogP contribution in [0.2, 0.25) is 0 Å². The second-order valence-electron chi connectivity index (χ2n) is 12.5. The molecule has 0 saturated carbocycles. The number of amides is 2. The highest BCUT2D eigenvalue weighted by atomic mass is 19.1. The van der Waals surface area contributed by atoms with Crippen molar-refractivity contribution in [2.45, 2.75) is 38.0 Å². The smallest absolute Gasteiger partial charge is 0.411 e. The van der Waals surface area contributed by atoms with E-state index in [1.165, 1.54) is 24.3 Å². The van der Waals surface area contributed by atoms with Crippen molar-refractivity contribution in [3.63, 3.8) is 0 Å². The van der Waals surface area contributed by atoms with E-state index in [2.05, 4.69) is 25.8 Å². The predicted molar refractivity (Wildman–Crippen MR) is 194 cm³/mol. The maximum Gasteiger partial charge on any atom is 0.411 e. The van der Waals surface area contributed by atoms with Gasteiger partial charge >= 0.3 is 6.09 Å². The number of hydrogen-bond acceptors (Lipinski definition) is 8. The van der Waals surface area contributed by atoms with E-state index in [1.807, 2.05) is 54.6 Å². The summed E-state index contributed by atoms with van der Waals surface area (Å²) in [5.74, 6) is -0.968. The zero-order valence-electron chi connectivity index (χ0n) is 27.9. The number of likely N-dealkylation sites (tertiary alicyclic amines) is 1. The minimum absolute atomic E-state index is 0.0836. The first-order valence-electron chi connectivity index (χ1n) is 16.9. The number of hydrogen-bond donors (Lipinski definition) is 6.